The van der Waals surface area contributed by atoms with Gasteiger partial charge in [0.25, 0.3) is 5.91 Å². The highest BCUT2D eigenvalue weighted by Gasteiger charge is 2.51. The molecule has 1 heterocycles. The molecule has 6 nitrogen and oxygen atoms in total. The van der Waals surface area contributed by atoms with Gasteiger partial charge in [0, 0.05) is 12.5 Å². The van der Waals surface area contributed by atoms with Crippen LogP contribution in [0.1, 0.15) is 32.6 Å². The Hall–Kier alpha value is -2.36. The number of rotatable bonds is 6. The van der Waals surface area contributed by atoms with Crippen molar-refractivity contribution in [3.63, 3.8) is 0 Å². The molecule has 0 bridgehead atoms. The van der Waals surface area contributed by atoms with E-state index in [0.717, 1.165) is 17.4 Å². The second-order valence-electron chi connectivity index (χ2n) is 6.03. The first-order valence-corrected chi connectivity index (χ1v) is 8.81. The third-order valence-corrected chi connectivity index (χ3v) is 4.79. The fourth-order valence-corrected chi connectivity index (χ4v) is 3.35. The van der Waals surface area contributed by atoms with Crippen LogP contribution >= 0.6 is 11.3 Å². The lowest BCUT2D eigenvalue weighted by Gasteiger charge is -2.15. The molecule has 0 spiro atoms. The number of nitrogens with zero attached hydrogens (tertiary/aromatic N) is 1. The van der Waals surface area contributed by atoms with Crippen LogP contribution in [0.15, 0.2) is 18.2 Å². The Kier molecular flexibility index (Phi) is 4.78. The van der Waals surface area contributed by atoms with E-state index in [2.05, 4.69) is 20.4 Å². The molecule has 140 valence electrons. The maximum Gasteiger partial charge on any atom is 0.573 e. The fraction of sp³-hybridized carbons (Fsp3) is 0.438. The summed E-state index contributed by atoms with van der Waals surface area (Å²) in [5.41, 5.74) is -0.464. The fourth-order valence-electron chi connectivity index (χ4n) is 2.46. The van der Waals surface area contributed by atoms with Crippen molar-refractivity contribution in [2.75, 3.05) is 5.32 Å². The molecule has 1 aliphatic rings. The van der Waals surface area contributed by atoms with Gasteiger partial charge in [-0.15, -0.1) is 13.2 Å². The number of hydrogen-bond donors (Lipinski definition) is 2. The number of alkyl halides is 3. The lowest BCUT2D eigenvalue weighted by atomic mass is 10.2. The van der Waals surface area contributed by atoms with Gasteiger partial charge in [0.15, 0.2) is 5.13 Å². The van der Waals surface area contributed by atoms with Crippen molar-refractivity contribution in [1.29, 1.82) is 0 Å². The average Bonchev–Trinajstić information content (AvgIpc) is 3.18. The van der Waals surface area contributed by atoms with Crippen molar-refractivity contribution >= 4 is 38.5 Å². The van der Waals surface area contributed by atoms with Crippen LogP contribution in [0.5, 0.6) is 5.75 Å². The molecule has 0 unspecified atom stereocenters. The molecule has 0 atom stereocenters. The van der Waals surface area contributed by atoms with Crippen LogP contribution in [0.2, 0.25) is 0 Å². The smallest absolute Gasteiger partial charge is 0.406 e. The van der Waals surface area contributed by atoms with Crippen LogP contribution in [0.4, 0.5) is 18.3 Å². The van der Waals surface area contributed by atoms with E-state index in [1.807, 2.05) is 6.92 Å². The summed E-state index contributed by atoms with van der Waals surface area (Å²) in [6.45, 7) is 1.87. The molecule has 0 radical (unpaired) electrons. The number of halogens is 3. The molecule has 1 aromatic heterocycles. The summed E-state index contributed by atoms with van der Waals surface area (Å²) in [6.07, 6.45) is -2.65. The van der Waals surface area contributed by atoms with Crippen LogP contribution in [-0.2, 0) is 9.59 Å². The molecular formula is C16H16F3N3O3S. The molecule has 2 N–H and O–H groups in total. The summed E-state index contributed by atoms with van der Waals surface area (Å²) >= 11 is 1.04. The molecule has 10 heteroatoms. The Morgan fingerprint density at radius 2 is 2.08 bits per heavy atom. The topological polar surface area (TPSA) is 80.3 Å². The lowest BCUT2D eigenvalue weighted by molar-refractivity contribution is -0.274. The largest absolute Gasteiger partial charge is 0.573 e. The first kappa shape index (κ1) is 18.4. The maximum atomic E-state index is 12.4. The quantitative estimate of drug-likeness (QED) is 0.794. The van der Waals surface area contributed by atoms with Gasteiger partial charge in [0.05, 0.1) is 10.2 Å². The summed E-state index contributed by atoms with van der Waals surface area (Å²) in [7, 11) is 0. The molecule has 0 saturated heterocycles. The van der Waals surface area contributed by atoms with E-state index in [9.17, 15) is 22.8 Å². The first-order valence-electron chi connectivity index (χ1n) is 7.99. The SMILES string of the molecule is CCCC(=O)NC1(C(=O)Nc2nc3ccc(OC(F)(F)F)cc3s2)CC1. The zero-order valence-corrected chi connectivity index (χ0v) is 14.6. The molecule has 0 aliphatic heterocycles. The van der Waals surface area contributed by atoms with Gasteiger partial charge in [-0.2, -0.15) is 0 Å². The Morgan fingerprint density at radius 1 is 1.35 bits per heavy atom. The molecule has 1 saturated carbocycles. The van der Waals surface area contributed by atoms with E-state index < -0.39 is 11.9 Å². The molecule has 2 amide bonds. The third kappa shape index (κ3) is 4.24. The van der Waals surface area contributed by atoms with Gasteiger partial charge in [0.2, 0.25) is 5.91 Å². The highest BCUT2D eigenvalue weighted by Crippen LogP contribution is 2.38. The van der Waals surface area contributed by atoms with Crippen molar-refractivity contribution in [2.24, 2.45) is 0 Å². The average molecular weight is 387 g/mol. The molecule has 1 aromatic carbocycles. The second kappa shape index (κ2) is 6.75. The zero-order valence-electron chi connectivity index (χ0n) is 13.8. The zero-order chi connectivity index (χ0) is 18.9. The number of amides is 2. The van der Waals surface area contributed by atoms with Gasteiger partial charge < -0.3 is 10.1 Å². The molecule has 2 aromatic rings. The lowest BCUT2D eigenvalue weighted by Crippen LogP contribution is -2.46. The van der Waals surface area contributed by atoms with E-state index in [1.165, 1.54) is 12.1 Å². The van der Waals surface area contributed by atoms with Crippen LogP contribution in [0, 0.1) is 0 Å². The summed E-state index contributed by atoms with van der Waals surface area (Å²) in [4.78, 5) is 28.4. The van der Waals surface area contributed by atoms with E-state index in [0.29, 0.717) is 35.9 Å². The third-order valence-electron chi connectivity index (χ3n) is 3.85. The van der Waals surface area contributed by atoms with Crippen molar-refractivity contribution in [3.8, 4) is 5.75 Å². The van der Waals surface area contributed by atoms with Gasteiger partial charge in [-0.1, -0.05) is 18.3 Å². The minimum atomic E-state index is -4.77. The van der Waals surface area contributed by atoms with Gasteiger partial charge >= 0.3 is 6.36 Å². The molecule has 3 rings (SSSR count). The predicted octanol–water partition coefficient (Wildman–Crippen LogP) is 3.58. The monoisotopic (exact) mass is 387 g/mol. The van der Waals surface area contributed by atoms with E-state index in [1.54, 1.807) is 0 Å². The molecule has 26 heavy (non-hydrogen) atoms. The number of benzene rings is 1. The molecular weight excluding hydrogens is 371 g/mol. The number of aromatic nitrogens is 1. The van der Waals surface area contributed by atoms with E-state index in [4.69, 9.17) is 0 Å². The maximum absolute atomic E-state index is 12.4. The molecule has 1 aliphatic carbocycles. The normalized spacial score (nSPS) is 15.5. The number of thiazole rings is 1. The summed E-state index contributed by atoms with van der Waals surface area (Å²) in [5, 5.41) is 5.63. The van der Waals surface area contributed by atoms with Gasteiger partial charge in [-0.05, 0) is 31.4 Å². The van der Waals surface area contributed by atoms with Crippen LogP contribution in [-0.4, -0.2) is 28.7 Å². The van der Waals surface area contributed by atoms with Crippen molar-refractivity contribution in [1.82, 2.24) is 10.3 Å². The van der Waals surface area contributed by atoms with Gasteiger partial charge in [-0.25, -0.2) is 4.98 Å². The predicted molar refractivity (Wildman–Crippen MR) is 89.9 cm³/mol. The summed E-state index contributed by atoms with van der Waals surface area (Å²) in [5.74, 6) is -0.900. The number of nitrogens with one attached hydrogen (secondary N) is 2. The Labute approximate surface area is 150 Å². The Morgan fingerprint density at radius 3 is 2.69 bits per heavy atom. The second-order valence-corrected chi connectivity index (χ2v) is 7.06. The van der Waals surface area contributed by atoms with Crippen LogP contribution in [0.25, 0.3) is 10.2 Å². The van der Waals surface area contributed by atoms with Crippen molar-refractivity contribution in [2.45, 2.75) is 44.5 Å². The number of ether oxygens (including phenoxy) is 1. The number of hydrogen-bond acceptors (Lipinski definition) is 5. The minimum Gasteiger partial charge on any atom is -0.406 e. The summed E-state index contributed by atoms with van der Waals surface area (Å²) < 4.78 is 41.2. The van der Waals surface area contributed by atoms with Gasteiger partial charge in [-0.3, -0.25) is 14.9 Å². The molecule has 1 fully saturated rings. The number of carbonyl (C=O) groups excluding carboxylic acids is 2. The first-order chi connectivity index (χ1) is 12.2. The van der Waals surface area contributed by atoms with Crippen LogP contribution < -0.4 is 15.4 Å². The Bertz CT molecular complexity index is 846. The summed E-state index contributed by atoms with van der Waals surface area (Å²) in [6, 6.07) is 3.76. The highest BCUT2D eigenvalue weighted by molar-refractivity contribution is 7.22. The van der Waals surface area contributed by atoms with E-state index >= 15 is 0 Å². The standard InChI is InChI=1S/C16H16F3N3O3S/c1-2-3-12(23)22-15(6-7-15)13(24)21-14-20-10-5-4-9(8-11(10)26-14)25-16(17,18)19/h4-5,8H,2-3,6-7H2,1H3,(H,22,23)(H,20,21,24). The van der Waals surface area contributed by atoms with Crippen LogP contribution in [0.3, 0.4) is 0 Å². The van der Waals surface area contributed by atoms with Gasteiger partial charge in [0.1, 0.15) is 11.3 Å². The number of carbonyl (C=O) groups is 2. The minimum absolute atomic E-state index is 0.182. The van der Waals surface area contributed by atoms with Crippen molar-refractivity contribution in [3.05, 3.63) is 18.2 Å². The number of fused-ring (bicyclic) bond motifs is 1. The van der Waals surface area contributed by atoms with E-state index in [-0.39, 0.29) is 22.7 Å². The Balaban J connectivity index is 1.71. The highest BCUT2D eigenvalue weighted by atomic mass is 32.1. The number of anilines is 1. The van der Waals surface area contributed by atoms with Crippen molar-refractivity contribution < 1.29 is 27.5 Å².